The molecule has 0 aliphatic carbocycles. The molecule has 2 heterocycles. The number of carbonyl (C=O) groups is 3. The highest BCUT2D eigenvalue weighted by Crippen LogP contribution is 2.50. The lowest BCUT2D eigenvalue weighted by Crippen LogP contribution is -2.24. The summed E-state index contributed by atoms with van der Waals surface area (Å²) in [6.07, 6.45) is 3.10. The minimum Gasteiger partial charge on any atom is -0.496 e. The Balaban J connectivity index is 1.88. The molecule has 2 aliphatic rings. The van der Waals surface area contributed by atoms with Crippen LogP contribution in [0.4, 0.5) is 11.4 Å². The molecule has 0 saturated carbocycles. The van der Waals surface area contributed by atoms with Crippen LogP contribution in [0.5, 0.6) is 5.75 Å². The number of carboxylic acids is 1. The first-order chi connectivity index (χ1) is 14.5. The summed E-state index contributed by atoms with van der Waals surface area (Å²) in [6, 6.07) is 11.0. The van der Waals surface area contributed by atoms with Gasteiger partial charge in [0.2, 0.25) is 6.41 Å². The Morgan fingerprint density at radius 2 is 2.07 bits per heavy atom. The number of rotatable bonds is 7. The van der Waals surface area contributed by atoms with Crippen LogP contribution in [0.1, 0.15) is 22.6 Å². The van der Waals surface area contributed by atoms with Crippen molar-refractivity contribution in [1.29, 1.82) is 0 Å². The monoisotopic (exact) mass is 405 g/mol. The molecular formula is C22H19N3O5. The van der Waals surface area contributed by atoms with E-state index < -0.39 is 11.9 Å². The summed E-state index contributed by atoms with van der Waals surface area (Å²) in [7, 11) is 1.59. The van der Waals surface area contributed by atoms with Crippen LogP contribution in [-0.4, -0.2) is 36.6 Å². The van der Waals surface area contributed by atoms with Crippen LogP contribution in [0, 0.1) is 0 Å². The molecule has 2 aliphatic heterocycles. The van der Waals surface area contributed by atoms with Crippen LogP contribution >= 0.6 is 0 Å². The van der Waals surface area contributed by atoms with Gasteiger partial charge >= 0.3 is 5.97 Å². The fourth-order valence-corrected chi connectivity index (χ4v) is 4.04. The number of ether oxygens (including phenoxy) is 1. The number of hydrogen-bond acceptors (Lipinski definition) is 6. The van der Waals surface area contributed by atoms with Crippen LogP contribution < -0.4 is 15.0 Å². The van der Waals surface area contributed by atoms with Gasteiger partial charge in [-0.3, -0.25) is 19.4 Å². The van der Waals surface area contributed by atoms with Gasteiger partial charge in [0.05, 0.1) is 43.6 Å². The van der Waals surface area contributed by atoms with Crippen LogP contribution in [0.15, 0.2) is 53.3 Å². The van der Waals surface area contributed by atoms with Gasteiger partial charge in [-0.25, -0.2) is 0 Å². The molecule has 4 rings (SSSR count). The largest absolute Gasteiger partial charge is 0.496 e. The first-order valence-electron chi connectivity index (χ1n) is 9.29. The predicted molar refractivity (Wildman–Crippen MR) is 111 cm³/mol. The molecule has 8 nitrogen and oxygen atoms in total. The maximum absolute atomic E-state index is 12.8. The second kappa shape index (κ2) is 7.82. The molecule has 1 atom stereocenters. The standard InChI is InChI=1S/C22H19N3O5/c1-30-18-5-3-2-4-14(18)11-25-15-7-6-13(8-19(28)29)22(24-12-26)21(15)20-16(25)9-23-10-17(20)27/h2-7,9-10,12,20H,8,11H2,1H3,(H,24,26)(H,28,29). The van der Waals surface area contributed by atoms with Gasteiger partial charge in [0.15, 0.2) is 5.78 Å². The second-order valence-corrected chi connectivity index (χ2v) is 6.93. The van der Waals surface area contributed by atoms with Gasteiger partial charge in [-0.15, -0.1) is 0 Å². The molecule has 2 aromatic rings. The van der Waals surface area contributed by atoms with Gasteiger partial charge in [0.1, 0.15) is 5.75 Å². The Bertz CT molecular complexity index is 1110. The Labute approximate surface area is 172 Å². The van der Waals surface area contributed by atoms with E-state index in [0.717, 1.165) is 11.3 Å². The molecule has 2 N–H and O–H groups in total. The molecule has 0 aromatic heterocycles. The van der Waals surface area contributed by atoms with Gasteiger partial charge in [-0.1, -0.05) is 24.3 Å². The third kappa shape index (κ3) is 3.22. The molecule has 2 aromatic carbocycles. The van der Waals surface area contributed by atoms with Gasteiger partial charge in [-0.05, 0) is 17.7 Å². The summed E-state index contributed by atoms with van der Waals surface area (Å²) in [4.78, 5) is 41.4. The number of hydrogen-bond donors (Lipinski definition) is 2. The van der Waals surface area contributed by atoms with E-state index in [9.17, 15) is 19.5 Å². The highest BCUT2D eigenvalue weighted by molar-refractivity contribution is 6.33. The molecule has 0 saturated heterocycles. The number of amides is 1. The molecule has 1 amide bonds. The van der Waals surface area contributed by atoms with Crippen molar-refractivity contribution in [2.24, 2.45) is 4.99 Å². The van der Waals surface area contributed by atoms with Gasteiger partial charge in [-0.2, -0.15) is 0 Å². The number of methoxy groups -OCH3 is 1. The van der Waals surface area contributed by atoms with E-state index in [0.29, 0.717) is 41.2 Å². The van der Waals surface area contributed by atoms with E-state index in [1.54, 1.807) is 25.4 Å². The Hall–Kier alpha value is -3.94. The number of allylic oxidation sites excluding steroid dienone is 1. The summed E-state index contributed by atoms with van der Waals surface area (Å²) in [6.45, 7) is 0.418. The second-order valence-electron chi connectivity index (χ2n) is 6.93. The van der Waals surface area contributed by atoms with Crippen LogP contribution in [0.2, 0.25) is 0 Å². The number of nitrogens with zero attached hydrogens (tertiary/aromatic N) is 2. The number of carbonyl (C=O) groups excluding carboxylic acids is 2. The summed E-state index contributed by atoms with van der Waals surface area (Å²) in [5.41, 5.74) is 3.67. The summed E-state index contributed by atoms with van der Waals surface area (Å²) in [5, 5.41) is 11.9. The van der Waals surface area contributed by atoms with Crippen molar-refractivity contribution in [3.8, 4) is 5.75 Å². The van der Waals surface area contributed by atoms with E-state index in [2.05, 4.69) is 10.3 Å². The number of nitrogens with one attached hydrogen (secondary N) is 1. The number of aliphatic carboxylic acids is 1. The number of carboxylic acid groups (broad SMARTS) is 1. The van der Waals surface area contributed by atoms with Crippen molar-refractivity contribution in [3.05, 3.63) is 65.0 Å². The third-order valence-corrected chi connectivity index (χ3v) is 5.25. The molecular weight excluding hydrogens is 386 g/mol. The molecule has 0 fully saturated rings. The quantitative estimate of drug-likeness (QED) is 0.685. The average Bonchev–Trinajstić information content (AvgIpc) is 3.05. The van der Waals surface area contributed by atoms with Crippen molar-refractivity contribution in [3.63, 3.8) is 0 Å². The molecule has 30 heavy (non-hydrogen) atoms. The zero-order chi connectivity index (χ0) is 21.3. The molecule has 8 heteroatoms. The fourth-order valence-electron chi connectivity index (χ4n) is 4.04. The number of ketones is 1. The van der Waals surface area contributed by atoms with E-state index in [1.165, 1.54) is 6.21 Å². The minimum absolute atomic E-state index is 0.224. The molecule has 0 bridgehead atoms. The van der Waals surface area contributed by atoms with Crippen LogP contribution in [-0.2, 0) is 27.3 Å². The number of anilines is 2. The molecule has 152 valence electrons. The van der Waals surface area contributed by atoms with E-state index >= 15 is 0 Å². The lowest BCUT2D eigenvalue weighted by atomic mass is 9.90. The number of Topliss-reactive ketones (excluding diaryl/α,β-unsaturated/α-hetero) is 1. The van der Waals surface area contributed by atoms with E-state index in [4.69, 9.17) is 4.74 Å². The Morgan fingerprint density at radius 1 is 1.27 bits per heavy atom. The fraction of sp³-hybridized carbons (Fsp3) is 0.182. The topological polar surface area (TPSA) is 108 Å². The van der Waals surface area contributed by atoms with Crippen molar-refractivity contribution >= 4 is 35.8 Å². The number of fused-ring (bicyclic) bond motifs is 3. The average molecular weight is 405 g/mol. The van der Waals surface area contributed by atoms with Gasteiger partial charge < -0.3 is 20.1 Å². The van der Waals surface area contributed by atoms with E-state index in [1.807, 2.05) is 29.2 Å². The van der Waals surface area contributed by atoms with E-state index in [-0.39, 0.29) is 12.2 Å². The molecule has 0 spiro atoms. The maximum atomic E-state index is 12.8. The summed E-state index contributed by atoms with van der Waals surface area (Å²) >= 11 is 0. The highest BCUT2D eigenvalue weighted by Gasteiger charge is 2.42. The van der Waals surface area contributed by atoms with Crippen LogP contribution in [0.25, 0.3) is 0 Å². The first-order valence-corrected chi connectivity index (χ1v) is 9.29. The summed E-state index contributed by atoms with van der Waals surface area (Å²) in [5.74, 6) is -1.20. The molecule has 1 unspecified atom stereocenters. The lowest BCUT2D eigenvalue weighted by molar-refractivity contribution is -0.136. The minimum atomic E-state index is -1.03. The van der Waals surface area contributed by atoms with Crippen molar-refractivity contribution in [2.45, 2.75) is 18.9 Å². The number of para-hydroxylation sites is 1. The van der Waals surface area contributed by atoms with Crippen molar-refractivity contribution < 1.29 is 24.2 Å². The van der Waals surface area contributed by atoms with Crippen molar-refractivity contribution in [1.82, 2.24) is 0 Å². The Kier molecular flexibility index (Phi) is 5.05. The maximum Gasteiger partial charge on any atom is 0.307 e. The lowest BCUT2D eigenvalue weighted by Gasteiger charge is -2.24. The van der Waals surface area contributed by atoms with Gasteiger partial charge in [0, 0.05) is 23.0 Å². The first kappa shape index (κ1) is 19.4. The zero-order valence-corrected chi connectivity index (χ0v) is 16.2. The van der Waals surface area contributed by atoms with Crippen molar-refractivity contribution in [2.75, 3.05) is 17.3 Å². The predicted octanol–water partition coefficient (Wildman–Crippen LogP) is 2.49. The summed E-state index contributed by atoms with van der Waals surface area (Å²) < 4.78 is 5.46. The highest BCUT2D eigenvalue weighted by atomic mass is 16.5. The molecule has 0 radical (unpaired) electrons. The van der Waals surface area contributed by atoms with Gasteiger partial charge in [0.25, 0.3) is 0 Å². The number of aliphatic imine (C=N–C) groups is 1. The SMILES string of the molecule is COc1ccccc1CN1C2=CN=CC(=O)C2c2c1ccc(CC(=O)O)c2NC=O. The Morgan fingerprint density at radius 3 is 2.80 bits per heavy atom. The third-order valence-electron chi connectivity index (χ3n) is 5.25. The zero-order valence-electron chi connectivity index (χ0n) is 16.2. The smallest absolute Gasteiger partial charge is 0.307 e. The normalized spacial score (nSPS) is 16.6. The van der Waals surface area contributed by atoms with Crippen LogP contribution in [0.3, 0.4) is 0 Å². The number of benzene rings is 2.